The smallest absolute Gasteiger partial charge is 0.131 e. The first kappa shape index (κ1) is 18.1. The van der Waals surface area contributed by atoms with Gasteiger partial charge in [-0.1, -0.05) is 36.4 Å². The number of hydrogen-bond donors (Lipinski definition) is 4. The molecule has 1 radical (unpaired) electrons. The van der Waals surface area contributed by atoms with E-state index < -0.39 is 10.6 Å². The van der Waals surface area contributed by atoms with Gasteiger partial charge in [0.05, 0.1) is 16.2 Å². The zero-order chi connectivity index (χ0) is 18.9. The first-order chi connectivity index (χ1) is 13.1. The number of rotatable bonds is 4. The quantitative estimate of drug-likeness (QED) is 0.551. The number of nitrogens with one attached hydrogen (secondary N) is 1. The molecule has 6 nitrogen and oxygen atoms in total. The Hall–Kier alpha value is -2.32. The second kappa shape index (κ2) is 7.36. The van der Waals surface area contributed by atoms with Crippen molar-refractivity contribution in [2.45, 2.75) is 11.4 Å². The number of nitrogens with two attached hydrogens (primary N) is 1. The molecule has 1 aliphatic rings. The molecule has 0 amide bonds. The molecule has 1 aliphatic heterocycles. The van der Waals surface area contributed by atoms with E-state index in [0.29, 0.717) is 31.1 Å². The highest BCUT2D eigenvalue weighted by atomic mass is 32.3. The highest BCUT2D eigenvalue weighted by Crippen LogP contribution is 2.51. The number of benzene rings is 2. The molecular formula is C20H23N4O2S. The maximum atomic E-state index is 10.6. The summed E-state index contributed by atoms with van der Waals surface area (Å²) in [5.74, 6) is 1.07. The number of hydrogen-bond acceptors (Lipinski definition) is 6. The summed E-state index contributed by atoms with van der Waals surface area (Å²) in [4.78, 5) is 7.51. The molecular weight excluding hydrogens is 360 g/mol. The molecule has 2 aromatic carbocycles. The van der Waals surface area contributed by atoms with Crippen molar-refractivity contribution in [1.29, 1.82) is 0 Å². The van der Waals surface area contributed by atoms with E-state index in [4.69, 9.17) is 10.7 Å². The minimum Gasteiger partial charge on any atom is -0.383 e. The topological polar surface area (TPSA) is 94.6 Å². The molecule has 2 heterocycles. The predicted octanol–water partition coefficient (Wildman–Crippen LogP) is 3.54. The molecule has 0 spiro atoms. The highest BCUT2D eigenvalue weighted by Gasteiger charge is 2.26. The van der Waals surface area contributed by atoms with E-state index in [9.17, 15) is 9.11 Å². The van der Waals surface area contributed by atoms with Gasteiger partial charge in [0.1, 0.15) is 5.82 Å². The van der Waals surface area contributed by atoms with Crippen molar-refractivity contribution in [3.8, 4) is 0 Å². The maximum absolute atomic E-state index is 10.6. The second-order valence-electron chi connectivity index (χ2n) is 6.58. The van der Waals surface area contributed by atoms with Crippen LogP contribution >= 0.6 is 10.6 Å². The van der Waals surface area contributed by atoms with E-state index >= 15 is 0 Å². The van der Waals surface area contributed by atoms with Crippen LogP contribution in [0.3, 0.4) is 0 Å². The Bertz CT molecular complexity index is 964. The second-order valence-corrected chi connectivity index (χ2v) is 8.76. The number of para-hydroxylation sites is 1. The Labute approximate surface area is 160 Å². The van der Waals surface area contributed by atoms with Gasteiger partial charge in [0, 0.05) is 49.4 Å². The lowest BCUT2D eigenvalue weighted by atomic mass is 10.1. The van der Waals surface area contributed by atoms with Crippen LogP contribution in [0.15, 0.2) is 53.4 Å². The van der Waals surface area contributed by atoms with Crippen LogP contribution in [-0.2, 0) is 6.54 Å². The molecule has 7 heteroatoms. The molecule has 0 unspecified atom stereocenters. The summed E-state index contributed by atoms with van der Waals surface area (Å²) in [6.45, 7) is 2.29. The third-order valence-electron chi connectivity index (χ3n) is 4.74. The van der Waals surface area contributed by atoms with Crippen molar-refractivity contribution < 1.29 is 9.11 Å². The summed E-state index contributed by atoms with van der Waals surface area (Å²) in [5, 5.41) is 4.36. The van der Waals surface area contributed by atoms with Crippen LogP contribution in [-0.4, -0.2) is 39.5 Å². The molecule has 3 aromatic rings. The number of anilines is 2. The summed E-state index contributed by atoms with van der Waals surface area (Å²) in [6.07, 6.45) is 0. The number of fused-ring (bicyclic) bond motifs is 2. The molecule has 5 N–H and O–H groups in total. The minimum atomic E-state index is -2.80. The molecule has 27 heavy (non-hydrogen) atoms. The minimum absolute atomic E-state index is 0.286. The molecule has 0 saturated heterocycles. The van der Waals surface area contributed by atoms with E-state index in [-0.39, 0.29) is 5.75 Å². The Morgan fingerprint density at radius 3 is 2.93 bits per heavy atom. The summed E-state index contributed by atoms with van der Waals surface area (Å²) < 4.78 is 21.1. The van der Waals surface area contributed by atoms with Crippen molar-refractivity contribution in [1.82, 2.24) is 4.98 Å². The van der Waals surface area contributed by atoms with E-state index in [0.717, 1.165) is 28.0 Å². The average Bonchev–Trinajstić information content (AvgIpc) is 2.82. The highest BCUT2D eigenvalue weighted by molar-refractivity contribution is 8.24. The van der Waals surface area contributed by atoms with Gasteiger partial charge < -0.3 is 16.0 Å². The monoisotopic (exact) mass is 383 g/mol. The predicted molar refractivity (Wildman–Crippen MR) is 112 cm³/mol. The van der Waals surface area contributed by atoms with E-state index in [1.165, 1.54) is 0 Å². The zero-order valence-corrected chi connectivity index (χ0v) is 15.7. The Kier molecular flexibility index (Phi) is 4.92. The van der Waals surface area contributed by atoms with Crippen molar-refractivity contribution in [3.63, 3.8) is 0 Å². The van der Waals surface area contributed by atoms with E-state index in [1.54, 1.807) is 0 Å². The van der Waals surface area contributed by atoms with Gasteiger partial charge in [-0.05, 0) is 11.6 Å². The molecule has 0 aliphatic carbocycles. The average molecular weight is 383 g/mol. The van der Waals surface area contributed by atoms with Gasteiger partial charge in [-0.25, -0.2) is 4.98 Å². The van der Waals surface area contributed by atoms with Crippen LogP contribution in [0.1, 0.15) is 5.56 Å². The lowest BCUT2D eigenvalue weighted by Crippen LogP contribution is -2.26. The lowest BCUT2D eigenvalue weighted by Gasteiger charge is -2.32. The van der Waals surface area contributed by atoms with Gasteiger partial charge in [-0.15, -0.1) is 0 Å². The Balaban J connectivity index is 1.76. The fourth-order valence-electron chi connectivity index (χ4n) is 3.39. The summed E-state index contributed by atoms with van der Waals surface area (Å²) in [5.41, 5.74) is 8.31. The zero-order valence-electron chi connectivity index (χ0n) is 14.9. The fraction of sp³-hybridized carbons (Fsp3) is 0.250. The van der Waals surface area contributed by atoms with Gasteiger partial charge in [-0.2, -0.15) is 10.6 Å². The third-order valence-corrected chi connectivity index (χ3v) is 6.59. The third kappa shape index (κ3) is 3.59. The van der Waals surface area contributed by atoms with Gasteiger partial charge in [-0.3, -0.25) is 9.11 Å². The standard InChI is InChI=1S/C20H23N4O2S/c21-9-10-22-18-13-20(23-17-7-3-2-6-16(17)18)24-11-12-27(25,26)19-8-4-1-5-15(19)14-24/h1-6,8,13,25-26H,9-12,14,21H2,(H,22,23). The van der Waals surface area contributed by atoms with Crippen LogP contribution in [0.4, 0.5) is 11.5 Å². The van der Waals surface area contributed by atoms with E-state index in [2.05, 4.69) is 16.3 Å². The lowest BCUT2D eigenvalue weighted by molar-refractivity contribution is 0.488. The van der Waals surface area contributed by atoms with Crippen LogP contribution in [0, 0.1) is 6.07 Å². The van der Waals surface area contributed by atoms with Crippen LogP contribution in [0.25, 0.3) is 10.9 Å². The molecule has 1 aromatic heterocycles. The molecule has 0 saturated carbocycles. The molecule has 0 atom stereocenters. The first-order valence-electron chi connectivity index (χ1n) is 8.93. The van der Waals surface area contributed by atoms with Crippen molar-refractivity contribution in [2.75, 3.05) is 35.6 Å². The molecule has 141 valence electrons. The molecule has 0 bridgehead atoms. The molecule has 0 fully saturated rings. The summed E-state index contributed by atoms with van der Waals surface area (Å²) in [7, 11) is -2.80. The fourth-order valence-corrected chi connectivity index (χ4v) is 4.93. The van der Waals surface area contributed by atoms with Crippen molar-refractivity contribution in [2.24, 2.45) is 5.73 Å². The SMILES string of the molecule is NCCNc1cc(N2CCS(O)(O)c3ccccc3C2)nc2[c]cccc12. The Morgan fingerprint density at radius 1 is 1.22 bits per heavy atom. The van der Waals surface area contributed by atoms with Gasteiger partial charge in [0.15, 0.2) is 0 Å². The Morgan fingerprint density at radius 2 is 2.07 bits per heavy atom. The largest absolute Gasteiger partial charge is 0.383 e. The summed E-state index contributed by atoms with van der Waals surface area (Å²) in [6, 6.07) is 18.5. The normalized spacial score (nSPS) is 17.2. The number of pyridine rings is 1. The maximum Gasteiger partial charge on any atom is 0.131 e. The van der Waals surface area contributed by atoms with Crippen molar-refractivity contribution in [3.05, 3.63) is 60.2 Å². The van der Waals surface area contributed by atoms with Crippen LogP contribution < -0.4 is 16.0 Å². The van der Waals surface area contributed by atoms with Crippen molar-refractivity contribution >= 4 is 33.0 Å². The van der Waals surface area contributed by atoms with Gasteiger partial charge >= 0.3 is 0 Å². The van der Waals surface area contributed by atoms with Gasteiger partial charge in [0.25, 0.3) is 0 Å². The molecule has 4 rings (SSSR count). The van der Waals surface area contributed by atoms with Crippen LogP contribution in [0.5, 0.6) is 0 Å². The first-order valence-corrected chi connectivity index (χ1v) is 10.6. The van der Waals surface area contributed by atoms with E-state index in [1.807, 2.05) is 48.5 Å². The van der Waals surface area contributed by atoms with Gasteiger partial charge in [0.2, 0.25) is 0 Å². The summed E-state index contributed by atoms with van der Waals surface area (Å²) >= 11 is 0. The van der Waals surface area contributed by atoms with Crippen LogP contribution in [0.2, 0.25) is 0 Å². The number of nitrogens with zero attached hydrogens (tertiary/aromatic N) is 2. The number of aromatic nitrogens is 1.